The Balaban J connectivity index is 1.64. The van der Waals surface area contributed by atoms with Gasteiger partial charge in [-0.3, -0.25) is 4.79 Å². The molecule has 9 heteroatoms. The van der Waals surface area contributed by atoms with Crippen LogP contribution in [0.2, 0.25) is 5.02 Å². The highest BCUT2D eigenvalue weighted by Crippen LogP contribution is 2.39. The summed E-state index contributed by atoms with van der Waals surface area (Å²) in [7, 11) is 0. The Kier molecular flexibility index (Phi) is 5.95. The van der Waals surface area contributed by atoms with Crippen molar-refractivity contribution >= 4 is 23.0 Å². The average Bonchev–Trinajstić information content (AvgIpc) is 3.13. The molecule has 1 N–H and O–H groups in total. The molecule has 5 rings (SSSR count). The number of ether oxygens (including phenoxy) is 1. The number of amides is 1. The van der Waals surface area contributed by atoms with E-state index in [2.05, 4.69) is 10.4 Å². The van der Waals surface area contributed by atoms with Gasteiger partial charge in [0.2, 0.25) is 0 Å². The summed E-state index contributed by atoms with van der Waals surface area (Å²) in [5, 5.41) is 7.44. The second-order valence-corrected chi connectivity index (χ2v) is 10.2. The molecule has 186 valence electrons. The molecule has 0 aliphatic carbocycles. The van der Waals surface area contributed by atoms with Crippen LogP contribution < -0.4 is 10.1 Å². The van der Waals surface area contributed by atoms with Crippen molar-refractivity contribution in [2.45, 2.75) is 38.6 Å². The number of carbonyl (C=O) groups excluding carboxylic acids is 1. The molecule has 2 aromatic heterocycles. The second kappa shape index (κ2) is 8.85. The van der Waals surface area contributed by atoms with E-state index in [-0.39, 0.29) is 22.7 Å². The van der Waals surface area contributed by atoms with Gasteiger partial charge in [0.15, 0.2) is 0 Å². The average molecular weight is 514 g/mol. The topological polar surface area (TPSA) is 55.6 Å². The molecule has 1 aliphatic heterocycles. The molecule has 1 aliphatic rings. The van der Waals surface area contributed by atoms with Crippen molar-refractivity contribution in [3.05, 3.63) is 87.8 Å². The molecule has 0 saturated carbocycles. The number of hydrogen-bond acceptors (Lipinski definition) is 3. The van der Waals surface area contributed by atoms with Gasteiger partial charge >= 0.3 is 0 Å². The Morgan fingerprint density at radius 2 is 1.83 bits per heavy atom. The summed E-state index contributed by atoms with van der Waals surface area (Å²) in [6.07, 6.45) is 1.97. The lowest BCUT2D eigenvalue weighted by molar-refractivity contribution is 0.0922. The van der Waals surface area contributed by atoms with E-state index in [0.29, 0.717) is 41.8 Å². The van der Waals surface area contributed by atoms with Crippen LogP contribution in [-0.2, 0) is 5.41 Å². The van der Waals surface area contributed by atoms with Crippen molar-refractivity contribution in [1.29, 1.82) is 0 Å². The fourth-order valence-electron chi connectivity index (χ4n) is 4.77. The molecule has 1 atom stereocenters. The summed E-state index contributed by atoms with van der Waals surface area (Å²) < 4.78 is 49.8. The van der Waals surface area contributed by atoms with E-state index in [1.807, 2.05) is 45.0 Å². The van der Waals surface area contributed by atoms with Gasteiger partial charge in [0.05, 0.1) is 46.2 Å². The van der Waals surface area contributed by atoms with E-state index in [1.165, 1.54) is 16.8 Å². The first-order chi connectivity index (χ1) is 17.1. The minimum absolute atomic E-state index is 0.0216. The number of fused-ring (bicyclic) bond motifs is 2. The fraction of sp³-hybridized carbons (Fsp3) is 0.259. The van der Waals surface area contributed by atoms with Crippen molar-refractivity contribution in [3.8, 4) is 17.0 Å². The summed E-state index contributed by atoms with van der Waals surface area (Å²) in [6, 6.07) is 9.99. The molecule has 2 aromatic carbocycles. The van der Waals surface area contributed by atoms with Crippen LogP contribution in [-0.4, -0.2) is 22.1 Å². The number of nitrogens with zero attached hydrogens (tertiary/aromatic N) is 2. The molecule has 0 fully saturated rings. The first-order valence-electron chi connectivity index (χ1n) is 11.4. The maximum atomic E-state index is 14.7. The Labute approximate surface area is 210 Å². The first-order valence-corrected chi connectivity index (χ1v) is 11.8. The number of halogens is 4. The van der Waals surface area contributed by atoms with Crippen LogP contribution in [0.5, 0.6) is 5.75 Å². The van der Waals surface area contributed by atoms with E-state index in [9.17, 15) is 18.0 Å². The minimum atomic E-state index is -1.10. The van der Waals surface area contributed by atoms with E-state index in [0.717, 1.165) is 11.3 Å². The highest BCUT2D eigenvalue weighted by molar-refractivity contribution is 6.33. The highest BCUT2D eigenvalue weighted by atomic mass is 35.5. The summed E-state index contributed by atoms with van der Waals surface area (Å²) >= 11 is 6.45. The number of hydrogen-bond donors (Lipinski definition) is 1. The van der Waals surface area contributed by atoms with Crippen molar-refractivity contribution < 1.29 is 22.7 Å². The van der Waals surface area contributed by atoms with Crippen LogP contribution >= 0.6 is 11.6 Å². The smallest absolute Gasteiger partial charge is 0.253 e. The maximum absolute atomic E-state index is 14.7. The van der Waals surface area contributed by atoms with Gasteiger partial charge in [-0.05, 0) is 23.1 Å². The number of para-hydroxylation sites is 1. The molecule has 0 radical (unpaired) electrons. The monoisotopic (exact) mass is 513 g/mol. The lowest BCUT2D eigenvalue weighted by atomic mass is 9.83. The van der Waals surface area contributed by atoms with Crippen molar-refractivity contribution in [2.75, 3.05) is 6.61 Å². The van der Waals surface area contributed by atoms with Crippen LogP contribution in [0.15, 0.2) is 48.7 Å². The number of benzene rings is 2. The number of aromatic nitrogens is 2. The normalized spacial score (nSPS) is 15.5. The number of carbonyl (C=O) groups is 1. The zero-order valence-corrected chi connectivity index (χ0v) is 20.6. The molecule has 4 aromatic rings. The Morgan fingerprint density at radius 3 is 2.53 bits per heavy atom. The molecular weight excluding hydrogens is 491 g/mol. The van der Waals surface area contributed by atoms with Crippen LogP contribution in [0.3, 0.4) is 0 Å². The predicted molar refractivity (Wildman–Crippen MR) is 131 cm³/mol. The molecule has 0 unspecified atom stereocenters. The van der Waals surface area contributed by atoms with Gasteiger partial charge in [0, 0.05) is 24.1 Å². The summed E-state index contributed by atoms with van der Waals surface area (Å²) in [6.45, 7) is 6.23. The van der Waals surface area contributed by atoms with Crippen LogP contribution in [0.4, 0.5) is 13.2 Å². The minimum Gasteiger partial charge on any atom is -0.493 e. The van der Waals surface area contributed by atoms with Gasteiger partial charge in [-0.15, -0.1) is 0 Å². The molecule has 1 amide bonds. The Hall–Kier alpha value is -3.52. The van der Waals surface area contributed by atoms with Gasteiger partial charge in [0.25, 0.3) is 5.91 Å². The summed E-state index contributed by atoms with van der Waals surface area (Å²) in [5.41, 5.74) is 1.11. The fourth-order valence-corrected chi connectivity index (χ4v) is 5.05. The van der Waals surface area contributed by atoms with E-state index < -0.39 is 28.4 Å². The first kappa shape index (κ1) is 24.2. The van der Waals surface area contributed by atoms with Gasteiger partial charge in [-0.1, -0.05) is 50.6 Å². The number of rotatable bonds is 3. The Bertz CT molecular complexity index is 1490. The van der Waals surface area contributed by atoms with Gasteiger partial charge in [0.1, 0.15) is 23.2 Å². The van der Waals surface area contributed by atoms with Crippen molar-refractivity contribution in [2.24, 2.45) is 0 Å². The molecule has 0 spiro atoms. The molecule has 0 bridgehead atoms. The molecule has 5 nitrogen and oxygen atoms in total. The maximum Gasteiger partial charge on any atom is 0.253 e. The largest absolute Gasteiger partial charge is 0.493 e. The van der Waals surface area contributed by atoms with Crippen LogP contribution in [0, 0.1) is 17.5 Å². The third-order valence-corrected chi connectivity index (χ3v) is 6.55. The van der Waals surface area contributed by atoms with Crippen LogP contribution in [0.1, 0.15) is 54.7 Å². The molecule has 0 saturated heterocycles. The number of nitrogens with one attached hydrogen (secondary N) is 1. The standard InChI is InChI=1S/C27H23ClF3N3O2/c1-27(2,3)24-16(26(35)33-20-8-9-36-22-7-5-4-6-15(20)22)13-32-34-21(24)12-17(28)25(34)23-18(30)10-14(29)11-19(23)31/h4-7,10-13,20H,8-9H2,1-3H3,(H,33,35)/t20-/m0/s1. The third kappa shape index (κ3) is 4.09. The predicted octanol–water partition coefficient (Wildman–Crippen LogP) is 6.62. The van der Waals surface area contributed by atoms with Crippen LogP contribution in [0.25, 0.3) is 16.8 Å². The highest BCUT2D eigenvalue weighted by Gasteiger charge is 2.31. The third-order valence-electron chi connectivity index (χ3n) is 6.26. The van der Waals surface area contributed by atoms with Crippen molar-refractivity contribution in [3.63, 3.8) is 0 Å². The van der Waals surface area contributed by atoms with E-state index >= 15 is 0 Å². The van der Waals surface area contributed by atoms with Gasteiger partial charge < -0.3 is 10.1 Å². The summed E-state index contributed by atoms with van der Waals surface area (Å²) in [4.78, 5) is 13.5. The van der Waals surface area contributed by atoms with Gasteiger partial charge in [-0.2, -0.15) is 5.10 Å². The quantitative estimate of drug-likeness (QED) is 0.335. The SMILES string of the molecule is CC(C)(C)c1c(C(=O)N[C@H]2CCOc3ccccc32)cnn2c(-c3c(F)cc(F)cc3F)c(Cl)cc12. The van der Waals surface area contributed by atoms with Crippen molar-refractivity contribution in [1.82, 2.24) is 14.9 Å². The van der Waals surface area contributed by atoms with E-state index in [1.54, 1.807) is 0 Å². The Morgan fingerprint density at radius 1 is 1.14 bits per heavy atom. The zero-order valence-electron chi connectivity index (χ0n) is 19.8. The lowest BCUT2D eigenvalue weighted by Gasteiger charge is -2.28. The van der Waals surface area contributed by atoms with Gasteiger partial charge in [-0.25, -0.2) is 17.7 Å². The molecule has 3 heterocycles. The summed E-state index contributed by atoms with van der Waals surface area (Å²) in [5.74, 6) is -2.86. The lowest BCUT2D eigenvalue weighted by Crippen LogP contribution is -2.34. The second-order valence-electron chi connectivity index (χ2n) is 9.77. The molecular formula is C27H23ClF3N3O2. The molecule has 36 heavy (non-hydrogen) atoms. The van der Waals surface area contributed by atoms with E-state index in [4.69, 9.17) is 16.3 Å². The zero-order chi connectivity index (χ0) is 25.8.